The number of hydrogen-bond acceptors (Lipinski definition) is 6. The number of hydrogen-bond donors (Lipinski definition) is 1. The third kappa shape index (κ3) is 9.23. The minimum Gasteiger partial charge on any atom is -0.494 e. The Morgan fingerprint density at radius 3 is 2.02 bits per heavy atom. The first kappa shape index (κ1) is 31.4. The molecule has 0 saturated carbocycles. The van der Waals surface area contributed by atoms with Crippen molar-refractivity contribution < 1.29 is 19.4 Å². The summed E-state index contributed by atoms with van der Waals surface area (Å²) in [5.74, 6) is -0.523. The van der Waals surface area contributed by atoms with Crippen molar-refractivity contribution in [1.29, 1.82) is 0 Å². The molecule has 7 heteroatoms. The highest BCUT2D eigenvalue weighted by Gasteiger charge is 2.23. The molecule has 3 aromatic carbocycles. The molecule has 0 saturated heterocycles. The first-order valence-corrected chi connectivity index (χ1v) is 15.0. The van der Waals surface area contributed by atoms with Crippen molar-refractivity contribution in [2.75, 3.05) is 25.6 Å². The molecule has 4 aromatic rings. The minimum absolute atomic E-state index is 0.0604. The van der Waals surface area contributed by atoms with Gasteiger partial charge in [-0.25, -0.2) is 9.97 Å². The van der Waals surface area contributed by atoms with Crippen molar-refractivity contribution in [1.82, 2.24) is 9.97 Å². The summed E-state index contributed by atoms with van der Waals surface area (Å²) >= 11 is 0. The standard InChI is InChI=1S/C36H41N3O4/c1-4-5-6-7-8-21-43-33-19-15-27(16-20-33)31-24-37-35(38-25-31)29-11-9-26(10-12-29)22-30(36(41)42)23-34(40)28-13-17-32(18-14-28)39(2)3/h9-20,24-25,30H,4-8,21-23H2,1-3H3,(H,41,42)/t30-/m1/s1. The van der Waals surface area contributed by atoms with E-state index in [9.17, 15) is 14.7 Å². The number of aromatic nitrogens is 2. The monoisotopic (exact) mass is 579 g/mol. The van der Waals surface area contributed by atoms with E-state index >= 15 is 0 Å². The van der Waals surface area contributed by atoms with Crippen molar-refractivity contribution in [2.45, 2.75) is 51.9 Å². The summed E-state index contributed by atoms with van der Waals surface area (Å²) in [6.45, 7) is 2.95. The predicted octanol–water partition coefficient (Wildman–Crippen LogP) is 7.74. The van der Waals surface area contributed by atoms with Gasteiger partial charge in [0, 0.05) is 55.3 Å². The van der Waals surface area contributed by atoms with Gasteiger partial charge < -0.3 is 14.7 Å². The van der Waals surface area contributed by atoms with Crippen molar-refractivity contribution in [3.63, 3.8) is 0 Å². The molecule has 0 spiro atoms. The lowest BCUT2D eigenvalue weighted by molar-refractivity contribution is -0.141. The Labute approximate surface area is 254 Å². The molecule has 0 radical (unpaired) electrons. The fraction of sp³-hybridized carbons (Fsp3) is 0.333. The molecular weight excluding hydrogens is 538 g/mol. The number of carbonyl (C=O) groups excluding carboxylic acids is 1. The Kier molecular flexibility index (Phi) is 11.4. The fourth-order valence-electron chi connectivity index (χ4n) is 4.87. The highest BCUT2D eigenvalue weighted by molar-refractivity contribution is 5.98. The number of carboxylic acid groups (broad SMARTS) is 1. The molecule has 1 heterocycles. The molecule has 0 aliphatic rings. The molecule has 7 nitrogen and oxygen atoms in total. The number of Topliss-reactive ketones (excluding diaryl/α,β-unsaturated/α-hetero) is 1. The lowest BCUT2D eigenvalue weighted by Gasteiger charge is -2.14. The minimum atomic E-state index is -0.983. The normalized spacial score (nSPS) is 11.6. The number of anilines is 1. The number of ether oxygens (including phenoxy) is 1. The number of unbranched alkanes of at least 4 members (excludes halogenated alkanes) is 4. The number of carboxylic acids is 1. The molecule has 43 heavy (non-hydrogen) atoms. The van der Waals surface area contributed by atoms with Crippen LogP contribution >= 0.6 is 0 Å². The number of nitrogens with zero attached hydrogens (tertiary/aromatic N) is 3. The van der Waals surface area contributed by atoms with Crippen molar-refractivity contribution >= 4 is 17.4 Å². The highest BCUT2D eigenvalue weighted by atomic mass is 16.5. The van der Waals surface area contributed by atoms with E-state index in [1.165, 1.54) is 25.7 Å². The summed E-state index contributed by atoms with van der Waals surface area (Å²) in [4.78, 5) is 35.8. The molecule has 0 aliphatic heterocycles. The van der Waals surface area contributed by atoms with Gasteiger partial charge in [-0.05, 0) is 60.4 Å². The van der Waals surface area contributed by atoms with Gasteiger partial charge in [0.2, 0.25) is 0 Å². The number of aliphatic carboxylic acids is 1. The summed E-state index contributed by atoms with van der Waals surface area (Å²) in [6.07, 6.45) is 9.87. The van der Waals surface area contributed by atoms with E-state index < -0.39 is 11.9 Å². The maximum Gasteiger partial charge on any atom is 0.307 e. The summed E-state index contributed by atoms with van der Waals surface area (Å²) in [6, 6.07) is 22.7. The predicted molar refractivity (Wildman–Crippen MR) is 172 cm³/mol. The summed E-state index contributed by atoms with van der Waals surface area (Å²) in [5, 5.41) is 9.80. The van der Waals surface area contributed by atoms with Crippen LogP contribution in [0.3, 0.4) is 0 Å². The second-order valence-corrected chi connectivity index (χ2v) is 11.1. The van der Waals surface area contributed by atoms with E-state index in [1.54, 1.807) is 24.5 Å². The molecule has 1 atom stereocenters. The van der Waals surface area contributed by atoms with E-state index in [1.807, 2.05) is 79.7 Å². The van der Waals surface area contributed by atoms with E-state index in [-0.39, 0.29) is 18.6 Å². The number of ketones is 1. The van der Waals surface area contributed by atoms with Crippen LogP contribution < -0.4 is 9.64 Å². The molecule has 0 aliphatic carbocycles. The van der Waals surface area contributed by atoms with Gasteiger partial charge in [-0.1, -0.05) is 69.0 Å². The van der Waals surface area contributed by atoms with Gasteiger partial charge >= 0.3 is 5.97 Å². The van der Waals surface area contributed by atoms with Crippen LogP contribution in [-0.2, 0) is 11.2 Å². The van der Waals surface area contributed by atoms with Crippen LogP contribution in [-0.4, -0.2) is 47.5 Å². The van der Waals surface area contributed by atoms with E-state index in [4.69, 9.17) is 4.74 Å². The highest BCUT2D eigenvalue weighted by Crippen LogP contribution is 2.25. The first-order valence-electron chi connectivity index (χ1n) is 15.0. The molecule has 0 bridgehead atoms. The lowest BCUT2D eigenvalue weighted by atomic mass is 9.92. The number of carbonyl (C=O) groups is 2. The van der Waals surface area contributed by atoms with Crippen LogP contribution in [0, 0.1) is 5.92 Å². The second-order valence-electron chi connectivity index (χ2n) is 11.1. The SMILES string of the molecule is CCCCCCCOc1ccc(-c2cnc(-c3ccc(C[C@H](CC(=O)c4ccc(N(C)C)cc4)C(=O)O)cc3)nc2)cc1. The summed E-state index contributed by atoms with van der Waals surface area (Å²) in [5.41, 5.74) is 5.10. The van der Waals surface area contributed by atoms with Gasteiger partial charge in [0.15, 0.2) is 11.6 Å². The van der Waals surface area contributed by atoms with Gasteiger partial charge in [0.05, 0.1) is 12.5 Å². The van der Waals surface area contributed by atoms with Crippen LogP contribution in [0.1, 0.15) is 61.4 Å². The molecule has 0 amide bonds. The van der Waals surface area contributed by atoms with Gasteiger partial charge in [0.25, 0.3) is 0 Å². The van der Waals surface area contributed by atoms with Crippen molar-refractivity contribution in [3.8, 4) is 28.3 Å². The molecular formula is C36H41N3O4. The zero-order valence-electron chi connectivity index (χ0n) is 25.3. The smallest absolute Gasteiger partial charge is 0.307 e. The third-order valence-corrected chi connectivity index (χ3v) is 7.54. The lowest BCUT2D eigenvalue weighted by Crippen LogP contribution is -2.20. The first-order chi connectivity index (χ1) is 20.8. The van der Waals surface area contributed by atoms with E-state index in [0.29, 0.717) is 11.4 Å². The maximum atomic E-state index is 12.8. The van der Waals surface area contributed by atoms with Crippen LogP contribution in [0.5, 0.6) is 5.75 Å². The van der Waals surface area contributed by atoms with Gasteiger partial charge in [-0.2, -0.15) is 0 Å². The summed E-state index contributed by atoms with van der Waals surface area (Å²) < 4.78 is 5.87. The molecule has 0 fully saturated rings. The van der Waals surface area contributed by atoms with Crippen LogP contribution in [0.15, 0.2) is 85.2 Å². The largest absolute Gasteiger partial charge is 0.494 e. The molecule has 0 unspecified atom stereocenters. The molecule has 224 valence electrons. The quantitative estimate of drug-likeness (QED) is 0.107. The van der Waals surface area contributed by atoms with Crippen LogP contribution in [0.25, 0.3) is 22.5 Å². The van der Waals surface area contributed by atoms with E-state index in [2.05, 4.69) is 16.9 Å². The average molecular weight is 580 g/mol. The topological polar surface area (TPSA) is 92.6 Å². The Bertz CT molecular complexity index is 1450. The van der Waals surface area contributed by atoms with Gasteiger partial charge in [-0.15, -0.1) is 0 Å². The molecule has 4 rings (SSSR count). The Morgan fingerprint density at radius 2 is 1.42 bits per heavy atom. The van der Waals surface area contributed by atoms with Crippen LogP contribution in [0.4, 0.5) is 5.69 Å². The Balaban J connectivity index is 1.32. The van der Waals surface area contributed by atoms with Crippen molar-refractivity contribution in [3.05, 3.63) is 96.3 Å². The second kappa shape index (κ2) is 15.6. The number of rotatable bonds is 16. The van der Waals surface area contributed by atoms with E-state index in [0.717, 1.165) is 46.7 Å². The Morgan fingerprint density at radius 1 is 0.791 bits per heavy atom. The maximum absolute atomic E-state index is 12.8. The van der Waals surface area contributed by atoms with Gasteiger partial charge in [-0.3, -0.25) is 9.59 Å². The average Bonchev–Trinajstić information content (AvgIpc) is 3.03. The summed E-state index contributed by atoms with van der Waals surface area (Å²) in [7, 11) is 3.85. The van der Waals surface area contributed by atoms with Gasteiger partial charge in [0.1, 0.15) is 5.75 Å². The van der Waals surface area contributed by atoms with Crippen LogP contribution in [0.2, 0.25) is 0 Å². The molecule has 1 N–H and O–H groups in total. The Hall–Kier alpha value is -4.52. The van der Waals surface area contributed by atoms with Crippen molar-refractivity contribution in [2.24, 2.45) is 5.92 Å². The third-order valence-electron chi connectivity index (χ3n) is 7.54. The zero-order chi connectivity index (χ0) is 30.6. The number of benzene rings is 3. The molecule has 1 aromatic heterocycles. The zero-order valence-corrected chi connectivity index (χ0v) is 25.3. The fourth-order valence-corrected chi connectivity index (χ4v) is 4.87.